The highest BCUT2D eigenvalue weighted by molar-refractivity contribution is 5.80. The average Bonchev–Trinajstić information content (AvgIpc) is 3.24. The maximum absolute atomic E-state index is 12.3. The summed E-state index contributed by atoms with van der Waals surface area (Å²) in [4.78, 5) is 12.3. The molecule has 1 aromatic heterocycles. The van der Waals surface area contributed by atoms with E-state index >= 15 is 0 Å². The van der Waals surface area contributed by atoms with Gasteiger partial charge in [-0.05, 0) is 32.1 Å². The second-order valence-corrected chi connectivity index (χ2v) is 6.12. The quantitative estimate of drug-likeness (QED) is 0.908. The predicted octanol–water partition coefficient (Wildman–Crippen LogP) is 2.46. The molecule has 0 bridgehead atoms. The first-order chi connectivity index (χ1) is 10.3. The van der Waals surface area contributed by atoms with Gasteiger partial charge >= 0.3 is 0 Å². The minimum atomic E-state index is 0.0955. The summed E-state index contributed by atoms with van der Waals surface area (Å²) in [7, 11) is 0. The topological polar surface area (TPSA) is 57.8 Å². The van der Waals surface area contributed by atoms with Gasteiger partial charge in [-0.25, -0.2) is 0 Å². The number of aromatic nitrogens is 2. The van der Waals surface area contributed by atoms with Gasteiger partial charge in [-0.1, -0.05) is 30.3 Å². The van der Waals surface area contributed by atoms with Crippen LogP contribution in [-0.2, 0) is 17.6 Å². The molecule has 1 aromatic carbocycles. The second-order valence-electron chi connectivity index (χ2n) is 6.12. The SMILES string of the molecule is O=C(NC1CC1)[C@H]1CCc2[nH]nc(-c3ccccc3)c2C1. The van der Waals surface area contributed by atoms with E-state index in [4.69, 9.17) is 0 Å². The van der Waals surface area contributed by atoms with E-state index in [1.807, 2.05) is 18.2 Å². The number of H-pyrrole nitrogens is 1. The monoisotopic (exact) mass is 281 g/mol. The molecule has 4 heteroatoms. The Morgan fingerprint density at radius 3 is 2.76 bits per heavy atom. The van der Waals surface area contributed by atoms with Crippen molar-refractivity contribution < 1.29 is 4.79 Å². The number of aromatic amines is 1. The van der Waals surface area contributed by atoms with Crippen LogP contribution in [0.4, 0.5) is 0 Å². The van der Waals surface area contributed by atoms with Crippen molar-refractivity contribution in [1.82, 2.24) is 15.5 Å². The molecule has 0 unspecified atom stereocenters. The summed E-state index contributed by atoms with van der Waals surface area (Å²) < 4.78 is 0. The first kappa shape index (κ1) is 12.6. The van der Waals surface area contributed by atoms with Crippen LogP contribution in [0.1, 0.15) is 30.5 Å². The Bertz CT molecular complexity index is 658. The number of amides is 1. The molecule has 1 heterocycles. The summed E-state index contributed by atoms with van der Waals surface area (Å²) in [6, 6.07) is 10.6. The normalized spacial score (nSPS) is 20.9. The molecule has 0 aliphatic heterocycles. The molecule has 2 N–H and O–H groups in total. The van der Waals surface area contributed by atoms with E-state index in [9.17, 15) is 4.79 Å². The van der Waals surface area contributed by atoms with Crippen molar-refractivity contribution in [3.8, 4) is 11.3 Å². The van der Waals surface area contributed by atoms with Crippen molar-refractivity contribution in [1.29, 1.82) is 0 Å². The number of nitrogens with one attached hydrogen (secondary N) is 2. The number of rotatable bonds is 3. The molecule has 2 aliphatic carbocycles. The Hall–Kier alpha value is -2.10. The van der Waals surface area contributed by atoms with Crippen LogP contribution in [0.2, 0.25) is 0 Å². The Labute approximate surface area is 124 Å². The highest BCUT2D eigenvalue weighted by Gasteiger charge is 2.31. The van der Waals surface area contributed by atoms with Gasteiger partial charge in [0.05, 0.1) is 5.69 Å². The van der Waals surface area contributed by atoms with Crippen molar-refractivity contribution >= 4 is 5.91 Å². The van der Waals surface area contributed by atoms with Gasteiger partial charge in [0.2, 0.25) is 5.91 Å². The minimum absolute atomic E-state index is 0.0955. The zero-order chi connectivity index (χ0) is 14.2. The number of benzene rings is 1. The van der Waals surface area contributed by atoms with Crippen LogP contribution < -0.4 is 5.32 Å². The Morgan fingerprint density at radius 1 is 1.19 bits per heavy atom. The van der Waals surface area contributed by atoms with Gasteiger partial charge in [0.1, 0.15) is 0 Å². The molecule has 4 nitrogen and oxygen atoms in total. The van der Waals surface area contributed by atoms with E-state index in [2.05, 4.69) is 27.6 Å². The number of hydrogen-bond acceptors (Lipinski definition) is 2. The van der Waals surface area contributed by atoms with Gasteiger partial charge < -0.3 is 5.32 Å². The van der Waals surface area contributed by atoms with Crippen LogP contribution in [0, 0.1) is 5.92 Å². The smallest absolute Gasteiger partial charge is 0.223 e. The van der Waals surface area contributed by atoms with Crippen LogP contribution in [-0.4, -0.2) is 22.1 Å². The van der Waals surface area contributed by atoms with Crippen molar-refractivity contribution in [2.24, 2.45) is 5.92 Å². The summed E-state index contributed by atoms with van der Waals surface area (Å²) in [6.45, 7) is 0. The molecule has 0 spiro atoms. The molecule has 4 rings (SSSR count). The number of carbonyl (C=O) groups excluding carboxylic acids is 1. The first-order valence-electron chi connectivity index (χ1n) is 7.73. The van der Waals surface area contributed by atoms with Crippen molar-refractivity contribution in [2.45, 2.75) is 38.1 Å². The second kappa shape index (κ2) is 5.02. The molecule has 1 saturated carbocycles. The molecule has 0 radical (unpaired) electrons. The summed E-state index contributed by atoms with van der Waals surface area (Å²) in [5.74, 6) is 0.321. The minimum Gasteiger partial charge on any atom is -0.353 e. The number of hydrogen-bond donors (Lipinski definition) is 2. The van der Waals surface area contributed by atoms with Crippen LogP contribution in [0.5, 0.6) is 0 Å². The van der Waals surface area contributed by atoms with Gasteiger partial charge in [-0.3, -0.25) is 9.89 Å². The lowest BCUT2D eigenvalue weighted by Gasteiger charge is -2.21. The van der Waals surface area contributed by atoms with Crippen LogP contribution in [0.25, 0.3) is 11.3 Å². The average molecular weight is 281 g/mol. The molecule has 2 aliphatic rings. The van der Waals surface area contributed by atoms with E-state index in [1.54, 1.807) is 0 Å². The standard InChI is InChI=1S/C17H19N3O/c21-17(18-13-7-8-13)12-6-9-15-14(10-12)16(20-19-15)11-4-2-1-3-5-11/h1-5,12-13H,6-10H2,(H,18,21)(H,19,20)/t12-/m0/s1. The van der Waals surface area contributed by atoms with Gasteiger partial charge in [0.15, 0.2) is 0 Å². The summed E-state index contributed by atoms with van der Waals surface area (Å²) in [5.41, 5.74) is 4.56. The largest absolute Gasteiger partial charge is 0.353 e. The Kier molecular flexibility index (Phi) is 3.02. The highest BCUT2D eigenvalue weighted by Crippen LogP contribution is 2.32. The number of nitrogens with zero attached hydrogens (tertiary/aromatic N) is 1. The van der Waals surface area contributed by atoms with E-state index in [-0.39, 0.29) is 11.8 Å². The van der Waals surface area contributed by atoms with Crippen molar-refractivity contribution in [3.05, 3.63) is 41.6 Å². The Balaban J connectivity index is 1.59. The third-order valence-electron chi connectivity index (χ3n) is 4.49. The molecule has 0 saturated heterocycles. The molecule has 108 valence electrons. The predicted molar refractivity (Wildman–Crippen MR) is 80.7 cm³/mol. The molecule has 2 aromatic rings. The van der Waals surface area contributed by atoms with E-state index in [0.717, 1.165) is 43.4 Å². The Morgan fingerprint density at radius 2 is 2.00 bits per heavy atom. The van der Waals surface area contributed by atoms with E-state index < -0.39 is 0 Å². The first-order valence-corrected chi connectivity index (χ1v) is 7.73. The van der Waals surface area contributed by atoms with Crippen LogP contribution in [0.3, 0.4) is 0 Å². The lowest BCUT2D eigenvalue weighted by molar-refractivity contribution is -0.125. The molecule has 1 fully saturated rings. The number of fused-ring (bicyclic) bond motifs is 1. The summed E-state index contributed by atoms with van der Waals surface area (Å²) in [5, 5.41) is 10.8. The lowest BCUT2D eigenvalue weighted by Crippen LogP contribution is -2.35. The van der Waals surface area contributed by atoms with Gasteiger partial charge in [-0.2, -0.15) is 5.10 Å². The van der Waals surface area contributed by atoms with Gasteiger partial charge in [0.25, 0.3) is 0 Å². The van der Waals surface area contributed by atoms with Crippen molar-refractivity contribution in [3.63, 3.8) is 0 Å². The fraction of sp³-hybridized carbons (Fsp3) is 0.412. The van der Waals surface area contributed by atoms with E-state index in [0.29, 0.717) is 6.04 Å². The fourth-order valence-electron chi connectivity index (χ4n) is 3.10. The zero-order valence-corrected chi connectivity index (χ0v) is 11.9. The maximum Gasteiger partial charge on any atom is 0.223 e. The van der Waals surface area contributed by atoms with E-state index in [1.165, 1.54) is 11.3 Å². The number of aryl methyl sites for hydroxylation is 1. The van der Waals surface area contributed by atoms with Crippen LogP contribution >= 0.6 is 0 Å². The maximum atomic E-state index is 12.3. The fourth-order valence-corrected chi connectivity index (χ4v) is 3.10. The molecular weight excluding hydrogens is 262 g/mol. The molecular formula is C17H19N3O. The molecule has 1 amide bonds. The third-order valence-corrected chi connectivity index (χ3v) is 4.49. The molecule has 1 atom stereocenters. The summed E-state index contributed by atoms with van der Waals surface area (Å²) >= 11 is 0. The zero-order valence-electron chi connectivity index (χ0n) is 11.9. The van der Waals surface area contributed by atoms with Crippen LogP contribution in [0.15, 0.2) is 30.3 Å². The lowest BCUT2D eigenvalue weighted by atomic mass is 9.85. The third kappa shape index (κ3) is 2.46. The van der Waals surface area contributed by atoms with Crippen molar-refractivity contribution in [2.75, 3.05) is 0 Å². The number of carbonyl (C=O) groups is 1. The molecule has 21 heavy (non-hydrogen) atoms. The van der Waals surface area contributed by atoms with Gasteiger partial charge in [0, 0.05) is 28.8 Å². The summed E-state index contributed by atoms with van der Waals surface area (Å²) in [6.07, 6.45) is 4.92. The highest BCUT2D eigenvalue weighted by atomic mass is 16.2. The van der Waals surface area contributed by atoms with Gasteiger partial charge in [-0.15, -0.1) is 0 Å².